The van der Waals surface area contributed by atoms with Gasteiger partial charge in [-0.3, -0.25) is 4.79 Å². The van der Waals surface area contributed by atoms with Crippen LogP contribution >= 0.6 is 0 Å². The summed E-state index contributed by atoms with van der Waals surface area (Å²) in [7, 11) is 1.79. The summed E-state index contributed by atoms with van der Waals surface area (Å²) in [4.78, 5) is 18.8. The van der Waals surface area contributed by atoms with Gasteiger partial charge in [0.25, 0.3) is 5.91 Å². The molecule has 0 fully saturated rings. The van der Waals surface area contributed by atoms with Gasteiger partial charge in [-0.15, -0.1) is 0 Å². The molecule has 1 atom stereocenters. The van der Waals surface area contributed by atoms with E-state index in [-0.39, 0.29) is 18.6 Å². The Balaban J connectivity index is 1.44. The summed E-state index contributed by atoms with van der Waals surface area (Å²) < 4.78 is 7.55. The van der Waals surface area contributed by atoms with Crippen molar-refractivity contribution in [1.29, 1.82) is 5.26 Å². The van der Waals surface area contributed by atoms with E-state index in [1.165, 1.54) is 6.33 Å². The first-order chi connectivity index (χ1) is 16.1. The van der Waals surface area contributed by atoms with Crippen LogP contribution in [0.1, 0.15) is 40.0 Å². The number of nitrogens with zero attached hydrogens (tertiary/aromatic N) is 5. The SMILES string of the molecule is CC(c1ccc(-n2cncn2)cc1)N(C)C(=O)c1cccc(OCc2ccccc2C#N)c1. The summed E-state index contributed by atoms with van der Waals surface area (Å²) in [6.45, 7) is 2.24. The molecular weight excluding hydrogens is 414 g/mol. The number of amides is 1. The van der Waals surface area contributed by atoms with E-state index in [0.29, 0.717) is 16.9 Å². The van der Waals surface area contributed by atoms with Crippen LogP contribution in [0, 0.1) is 11.3 Å². The van der Waals surface area contributed by atoms with Crippen LogP contribution in [0.3, 0.4) is 0 Å². The standard InChI is InChI=1S/C26H23N5O2/c1-19(20-10-12-24(13-11-20)31-18-28-17-29-31)30(2)26(32)21-8-5-9-25(14-21)33-16-23-7-4-3-6-22(23)15-27/h3-14,17-19H,16H2,1-2H3. The average Bonchev–Trinajstić information content (AvgIpc) is 3.42. The van der Waals surface area contributed by atoms with Gasteiger partial charge in [0.05, 0.1) is 23.4 Å². The molecule has 4 aromatic rings. The summed E-state index contributed by atoms with van der Waals surface area (Å²) in [5.41, 5.74) is 3.83. The van der Waals surface area contributed by atoms with Crippen LogP contribution in [-0.4, -0.2) is 32.6 Å². The maximum absolute atomic E-state index is 13.1. The topological polar surface area (TPSA) is 84.0 Å². The van der Waals surface area contributed by atoms with Crippen molar-refractivity contribution >= 4 is 5.91 Å². The Labute approximate surface area is 192 Å². The number of aromatic nitrogens is 3. The molecule has 1 amide bonds. The van der Waals surface area contributed by atoms with Gasteiger partial charge >= 0.3 is 0 Å². The van der Waals surface area contributed by atoms with Gasteiger partial charge in [-0.25, -0.2) is 9.67 Å². The number of rotatable bonds is 7. The lowest BCUT2D eigenvalue weighted by atomic mass is 10.1. The minimum Gasteiger partial charge on any atom is -0.489 e. The molecular formula is C26H23N5O2. The molecule has 0 radical (unpaired) electrons. The van der Waals surface area contributed by atoms with Crippen LogP contribution in [0.5, 0.6) is 5.75 Å². The van der Waals surface area contributed by atoms with Gasteiger partial charge < -0.3 is 9.64 Å². The van der Waals surface area contributed by atoms with E-state index in [4.69, 9.17) is 4.74 Å². The Morgan fingerprint density at radius 2 is 1.91 bits per heavy atom. The molecule has 0 N–H and O–H groups in total. The van der Waals surface area contributed by atoms with Gasteiger partial charge in [-0.1, -0.05) is 36.4 Å². The van der Waals surface area contributed by atoms with Crippen molar-refractivity contribution < 1.29 is 9.53 Å². The smallest absolute Gasteiger partial charge is 0.254 e. The number of carbonyl (C=O) groups excluding carboxylic acids is 1. The highest BCUT2D eigenvalue weighted by Crippen LogP contribution is 2.24. The van der Waals surface area contributed by atoms with E-state index in [2.05, 4.69) is 16.2 Å². The summed E-state index contributed by atoms with van der Waals surface area (Å²) in [5, 5.41) is 13.4. The summed E-state index contributed by atoms with van der Waals surface area (Å²) in [6.07, 6.45) is 3.13. The zero-order valence-electron chi connectivity index (χ0n) is 18.4. The van der Waals surface area contributed by atoms with E-state index in [1.54, 1.807) is 53.3 Å². The van der Waals surface area contributed by atoms with Crippen molar-refractivity contribution in [2.45, 2.75) is 19.6 Å². The lowest BCUT2D eigenvalue weighted by Gasteiger charge is -2.26. The molecule has 7 nitrogen and oxygen atoms in total. The molecule has 0 aliphatic heterocycles. The minimum atomic E-state index is -0.130. The van der Waals surface area contributed by atoms with Gasteiger partial charge in [0.2, 0.25) is 0 Å². The van der Waals surface area contributed by atoms with E-state index in [0.717, 1.165) is 16.8 Å². The second-order valence-corrected chi connectivity index (χ2v) is 7.61. The van der Waals surface area contributed by atoms with Gasteiger partial charge in [0.1, 0.15) is 25.0 Å². The van der Waals surface area contributed by atoms with Crippen molar-refractivity contribution in [3.05, 3.63) is 108 Å². The van der Waals surface area contributed by atoms with E-state index < -0.39 is 0 Å². The molecule has 33 heavy (non-hydrogen) atoms. The van der Waals surface area contributed by atoms with Crippen LogP contribution < -0.4 is 4.74 Å². The van der Waals surface area contributed by atoms with Gasteiger partial charge in [0, 0.05) is 18.2 Å². The molecule has 164 valence electrons. The number of ether oxygens (including phenoxy) is 1. The first-order valence-electron chi connectivity index (χ1n) is 10.5. The normalized spacial score (nSPS) is 11.4. The van der Waals surface area contributed by atoms with Crippen LogP contribution in [-0.2, 0) is 6.61 Å². The average molecular weight is 438 g/mol. The quantitative estimate of drug-likeness (QED) is 0.423. The second-order valence-electron chi connectivity index (χ2n) is 7.61. The fraction of sp³-hybridized carbons (Fsp3) is 0.154. The largest absolute Gasteiger partial charge is 0.489 e. The highest BCUT2D eigenvalue weighted by atomic mass is 16.5. The van der Waals surface area contributed by atoms with Crippen molar-refractivity contribution in [1.82, 2.24) is 19.7 Å². The lowest BCUT2D eigenvalue weighted by Crippen LogP contribution is -2.29. The molecule has 1 unspecified atom stereocenters. The molecule has 0 saturated carbocycles. The second kappa shape index (κ2) is 9.79. The Morgan fingerprint density at radius 3 is 2.64 bits per heavy atom. The van der Waals surface area contributed by atoms with Crippen LogP contribution in [0.15, 0.2) is 85.5 Å². The van der Waals surface area contributed by atoms with E-state index in [9.17, 15) is 10.1 Å². The number of hydrogen-bond donors (Lipinski definition) is 0. The predicted molar refractivity (Wildman–Crippen MR) is 124 cm³/mol. The van der Waals surface area contributed by atoms with E-state index in [1.807, 2.05) is 49.4 Å². The number of carbonyl (C=O) groups is 1. The Morgan fingerprint density at radius 1 is 1.12 bits per heavy atom. The van der Waals surface area contributed by atoms with Crippen molar-refractivity contribution in [3.8, 4) is 17.5 Å². The fourth-order valence-corrected chi connectivity index (χ4v) is 3.49. The van der Waals surface area contributed by atoms with Crippen molar-refractivity contribution in [2.75, 3.05) is 7.05 Å². The maximum atomic E-state index is 13.1. The zero-order chi connectivity index (χ0) is 23.2. The molecule has 0 aliphatic rings. The third-order valence-electron chi connectivity index (χ3n) is 5.57. The van der Waals surface area contributed by atoms with Gasteiger partial charge in [0.15, 0.2) is 0 Å². The number of hydrogen-bond acceptors (Lipinski definition) is 5. The number of nitriles is 1. The maximum Gasteiger partial charge on any atom is 0.254 e. The highest BCUT2D eigenvalue weighted by molar-refractivity contribution is 5.94. The summed E-state index contributed by atoms with van der Waals surface area (Å²) >= 11 is 0. The molecule has 0 saturated heterocycles. The molecule has 1 aromatic heterocycles. The van der Waals surface area contributed by atoms with Gasteiger partial charge in [-0.2, -0.15) is 10.4 Å². The Hall–Kier alpha value is -4.44. The van der Waals surface area contributed by atoms with E-state index >= 15 is 0 Å². The molecule has 0 spiro atoms. The monoisotopic (exact) mass is 437 g/mol. The Kier molecular flexibility index (Phi) is 6.46. The zero-order valence-corrected chi connectivity index (χ0v) is 18.4. The first kappa shape index (κ1) is 21.8. The third-order valence-corrected chi connectivity index (χ3v) is 5.57. The summed E-state index contributed by atoms with van der Waals surface area (Å²) in [6, 6.07) is 24.3. The van der Waals surface area contributed by atoms with Crippen molar-refractivity contribution in [2.24, 2.45) is 0 Å². The molecule has 7 heteroatoms. The molecule has 0 bridgehead atoms. The molecule has 3 aromatic carbocycles. The third kappa shape index (κ3) is 4.91. The lowest BCUT2D eigenvalue weighted by molar-refractivity contribution is 0.0742. The highest BCUT2D eigenvalue weighted by Gasteiger charge is 2.19. The molecule has 4 rings (SSSR count). The fourth-order valence-electron chi connectivity index (χ4n) is 3.49. The predicted octanol–water partition coefficient (Wildman–Crippen LogP) is 4.55. The summed E-state index contributed by atoms with van der Waals surface area (Å²) in [5.74, 6) is 0.470. The minimum absolute atomic E-state index is 0.106. The van der Waals surface area contributed by atoms with Crippen LogP contribution in [0.25, 0.3) is 5.69 Å². The molecule has 1 heterocycles. The van der Waals surface area contributed by atoms with Crippen LogP contribution in [0.2, 0.25) is 0 Å². The van der Waals surface area contributed by atoms with Crippen molar-refractivity contribution in [3.63, 3.8) is 0 Å². The number of benzene rings is 3. The van der Waals surface area contributed by atoms with Gasteiger partial charge in [-0.05, 0) is 48.9 Å². The van der Waals surface area contributed by atoms with Crippen LogP contribution in [0.4, 0.5) is 0 Å². The molecule has 0 aliphatic carbocycles. The first-order valence-corrected chi connectivity index (χ1v) is 10.5. The Bertz CT molecular complexity index is 1280.